The maximum Gasteiger partial charge on any atom is 0.309 e. The Morgan fingerprint density at radius 2 is 1.80 bits per heavy atom. The van der Waals surface area contributed by atoms with Crippen LogP contribution in [0.2, 0.25) is 18.1 Å². The van der Waals surface area contributed by atoms with Gasteiger partial charge in [0.05, 0.1) is 13.5 Å². The van der Waals surface area contributed by atoms with Crippen LogP contribution in [0.5, 0.6) is 5.75 Å². The van der Waals surface area contributed by atoms with Crippen molar-refractivity contribution in [3.8, 4) is 5.75 Å². The summed E-state index contributed by atoms with van der Waals surface area (Å²) in [5, 5.41) is 9.56. The molecular weight excluding hydrogens is 272 g/mol. The number of rotatable bonds is 5. The zero-order chi connectivity index (χ0) is 15.6. The first-order valence-corrected chi connectivity index (χ1v) is 9.61. The molecule has 0 saturated carbocycles. The number of ether oxygens (including phenoxy) is 1. The summed E-state index contributed by atoms with van der Waals surface area (Å²) in [6.45, 7) is 7.88. The lowest BCUT2D eigenvalue weighted by molar-refractivity contribution is -0.139. The van der Waals surface area contributed by atoms with E-state index < -0.39 is 8.32 Å². The molecule has 1 aromatic carbocycles. The van der Waals surface area contributed by atoms with E-state index in [4.69, 9.17) is 0 Å². The van der Waals surface area contributed by atoms with Crippen molar-refractivity contribution in [3.05, 3.63) is 29.3 Å². The molecule has 1 aromatic rings. The molecule has 0 saturated heterocycles. The summed E-state index contributed by atoms with van der Waals surface area (Å²) in [4.78, 5) is 21.6. The van der Waals surface area contributed by atoms with E-state index in [2.05, 4.69) is 4.74 Å². The van der Waals surface area contributed by atoms with E-state index in [0.717, 1.165) is 11.1 Å². The first-order valence-electron chi connectivity index (χ1n) is 6.66. The Labute approximate surface area is 121 Å². The van der Waals surface area contributed by atoms with E-state index in [-0.39, 0.29) is 23.2 Å². The number of hydrogen-bond donors (Lipinski definition) is 2. The van der Waals surface area contributed by atoms with Crippen LogP contribution in [-0.2, 0) is 22.4 Å². The van der Waals surface area contributed by atoms with Crippen molar-refractivity contribution in [1.82, 2.24) is 0 Å². The topological polar surface area (TPSA) is 66.8 Å². The number of aromatic hydroxyl groups is 1. The maximum atomic E-state index is 11.3. The van der Waals surface area contributed by atoms with Gasteiger partial charge in [-0.25, -0.2) is 0 Å². The molecule has 2 N–H and O–H groups in total. The summed E-state index contributed by atoms with van der Waals surface area (Å²) in [7, 11) is -0.972. The number of benzene rings is 1. The summed E-state index contributed by atoms with van der Waals surface area (Å²) >= 11 is 0. The highest BCUT2D eigenvalue weighted by Crippen LogP contribution is 2.39. The summed E-state index contributed by atoms with van der Waals surface area (Å²) < 4.78 is 4.64. The van der Waals surface area contributed by atoms with Gasteiger partial charge in [0.2, 0.25) is 0 Å². The molecule has 0 radical (unpaired) electrons. The molecule has 0 amide bonds. The minimum atomic E-state index is -2.31. The lowest BCUT2D eigenvalue weighted by atomic mass is 9.98. The molecule has 0 fully saturated rings. The van der Waals surface area contributed by atoms with Gasteiger partial charge in [-0.2, -0.15) is 0 Å². The molecule has 0 spiro atoms. The predicted octanol–water partition coefficient (Wildman–Crippen LogP) is 2.63. The number of carbonyl (C=O) groups excluding carboxylic acids is 1. The SMILES string of the molecule is COC(=O)Cc1cc(O)cc(CC(C)(C)[Si](C)(C)O)c1. The van der Waals surface area contributed by atoms with Crippen molar-refractivity contribution in [2.45, 2.75) is 44.8 Å². The van der Waals surface area contributed by atoms with Crippen LogP contribution < -0.4 is 0 Å². The number of methoxy groups -OCH3 is 1. The molecule has 0 bridgehead atoms. The average Bonchev–Trinajstić information content (AvgIpc) is 2.25. The van der Waals surface area contributed by atoms with Crippen LogP contribution in [0.3, 0.4) is 0 Å². The van der Waals surface area contributed by atoms with Crippen molar-refractivity contribution in [2.24, 2.45) is 0 Å². The summed E-state index contributed by atoms with van der Waals surface area (Å²) in [5.74, 6) is -0.202. The van der Waals surface area contributed by atoms with Gasteiger partial charge in [0.15, 0.2) is 8.32 Å². The third-order valence-electron chi connectivity index (χ3n) is 3.92. The Bertz CT molecular complexity index is 489. The van der Waals surface area contributed by atoms with E-state index in [1.165, 1.54) is 7.11 Å². The Balaban J connectivity index is 2.99. The van der Waals surface area contributed by atoms with E-state index in [1.807, 2.05) is 33.0 Å². The number of phenolic OH excluding ortho intramolecular Hbond substituents is 1. The van der Waals surface area contributed by atoms with Gasteiger partial charge >= 0.3 is 5.97 Å². The van der Waals surface area contributed by atoms with Crippen LogP contribution in [0.25, 0.3) is 0 Å². The number of phenols is 1. The van der Waals surface area contributed by atoms with Gasteiger partial charge < -0.3 is 14.6 Å². The molecule has 0 atom stereocenters. The van der Waals surface area contributed by atoms with Gasteiger partial charge in [-0.3, -0.25) is 4.79 Å². The van der Waals surface area contributed by atoms with Crippen molar-refractivity contribution >= 4 is 14.3 Å². The third-order valence-corrected chi connectivity index (χ3v) is 7.40. The van der Waals surface area contributed by atoms with Crippen LogP contribution in [0.15, 0.2) is 18.2 Å². The number of carbonyl (C=O) groups is 1. The summed E-state index contributed by atoms with van der Waals surface area (Å²) in [6, 6.07) is 5.14. The van der Waals surface area contributed by atoms with Gasteiger partial charge in [-0.1, -0.05) is 19.9 Å². The lowest BCUT2D eigenvalue weighted by Crippen LogP contribution is -2.40. The quantitative estimate of drug-likeness (QED) is 0.647. The molecule has 0 aliphatic rings. The van der Waals surface area contributed by atoms with Crippen LogP contribution in [0, 0.1) is 0 Å². The molecule has 0 aliphatic carbocycles. The van der Waals surface area contributed by atoms with Crippen LogP contribution in [0.4, 0.5) is 0 Å². The average molecular weight is 296 g/mol. The van der Waals surface area contributed by atoms with Gasteiger partial charge in [0, 0.05) is 0 Å². The molecular formula is C15H24O4Si. The molecule has 0 aromatic heterocycles. The molecule has 112 valence electrons. The minimum absolute atomic E-state index is 0.134. The standard InChI is InChI=1S/C15H24O4Si/c1-15(2,20(4,5)18)10-12-6-11(7-13(16)8-12)9-14(17)19-3/h6-8,16,18H,9-10H2,1-5H3. The van der Waals surface area contributed by atoms with Crippen LogP contribution in [0.1, 0.15) is 25.0 Å². The van der Waals surface area contributed by atoms with Crippen LogP contribution in [-0.4, -0.2) is 31.3 Å². The summed E-state index contributed by atoms with van der Waals surface area (Å²) in [5.41, 5.74) is 1.64. The van der Waals surface area contributed by atoms with Crippen LogP contribution >= 0.6 is 0 Å². The van der Waals surface area contributed by atoms with Crippen molar-refractivity contribution < 1.29 is 19.4 Å². The molecule has 0 aliphatic heterocycles. The fraction of sp³-hybridized carbons (Fsp3) is 0.533. The van der Waals surface area contributed by atoms with E-state index in [0.29, 0.717) is 6.42 Å². The van der Waals surface area contributed by atoms with E-state index in [9.17, 15) is 14.7 Å². The van der Waals surface area contributed by atoms with Gasteiger partial charge in [-0.05, 0) is 47.8 Å². The monoisotopic (exact) mass is 296 g/mol. The molecule has 0 heterocycles. The Hall–Kier alpha value is -1.33. The first kappa shape index (κ1) is 16.7. The van der Waals surface area contributed by atoms with E-state index in [1.54, 1.807) is 12.1 Å². The van der Waals surface area contributed by atoms with E-state index >= 15 is 0 Å². The Morgan fingerprint density at radius 1 is 1.25 bits per heavy atom. The highest BCUT2D eigenvalue weighted by molar-refractivity contribution is 6.72. The Kier molecular flexibility index (Phi) is 4.99. The summed E-state index contributed by atoms with van der Waals surface area (Å²) in [6.07, 6.45) is 0.795. The second-order valence-corrected chi connectivity index (χ2v) is 10.9. The molecule has 1 rings (SSSR count). The zero-order valence-corrected chi connectivity index (χ0v) is 13.9. The van der Waals surface area contributed by atoms with Crippen molar-refractivity contribution in [3.63, 3.8) is 0 Å². The van der Waals surface area contributed by atoms with Gasteiger partial charge in [-0.15, -0.1) is 0 Å². The van der Waals surface area contributed by atoms with Gasteiger partial charge in [0.1, 0.15) is 5.75 Å². The second-order valence-electron chi connectivity index (χ2n) is 6.38. The number of esters is 1. The smallest absolute Gasteiger partial charge is 0.309 e. The highest BCUT2D eigenvalue weighted by atomic mass is 28.4. The first-order chi connectivity index (χ1) is 9.05. The fourth-order valence-corrected chi connectivity index (χ4v) is 2.55. The normalized spacial score (nSPS) is 12.3. The second kappa shape index (κ2) is 5.97. The predicted molar refractivity (Wildman–Crippen MR) is 81.3 cm³/mol. The van der Waals surface area contributed by atoms with Gasteiger partial charge in [0.25, 0.3) is 0 Å². The fourth-order valence-electron chi connectivity index (χ4n) is 1.91. The molecule has 5 heteroatoms. The largest absolute Gasteiger partial charge is 0.508 e. The van der Waals surface area contributed by atoms with Crippen molar-refractivity contribution in [2.75, 3.05) is 7.11 Å². The number of hydrogen-bond acceptors (Lipinski definition) is 4. The third kappa shape index (κ3) is 4.35. The highest BCUT2D eigenvalue weighted by Gasteiger charge is 2.38. The molecule has 4 nitrogen and oxygen atoms in total. The Morgan fingerprint density at radius 3 is 2.30 bits per heavy atom. The lowest BCUT2D eigenvalue weighted by Gasteiger charge is -2.35. The van der Waals surface area contributed by atoms with Crippen molar-refractivity contribution in [1.29, 1.82) is 0 Å². The minimum Gasteiger partial charge on any atom is -0.508 e. The maximum absolute atomic E-state index is 11.3. The molecule has 20 heavy (non-hydrogen) atoms. The zero-order valence-electron chi connectivity index (χ0n) is 12.9. The molecule has 0 unspecified atom stereocenters.